The molecule has 1 aromatic heterocycles. The molecule has 4 rings (SSSR count). The number of rotatable bonds is 5. The molecular weight excluding hydrogens is 378 g/mol. The van der Waals surface area contributed by atoms with Gasteiger partial charge in [-0.15, -0.1) is 0 Å². The number of nitrogen functional groups attached to an aromatic ring is 1. The van der Waals surface area contributed by atoms with Gasteiger partial charge in [0.1, 0.15) is 10.6 Å². The van der Waals surface area contributed by atoms with Crippen molar-refractivity contribution in [1.82, 2.24) is 15.3 Å². The lowest BCUT2D eigenvalue weighted by atomic mass is 9.93. The third-order valence-electron chi connectivity index (χ3n) is 5.47. The van der Waals surface area contributed by atoms with E-state index in [1.807, 2.05) is 0 Å². The van der Waals surface area contributed by atoms with Crippen molar-refractivity contribution in [1.29, 1.82) is 0 Å². The van der Waals surface area contributed by atoms with E-state index >= 15 is 0 Å². The van der Waals surface area contributed by atoms with Gasteiger partial charge in [-0.05, 0) is 56.4 Å². The van der Waals surface area contributed by atoms with E-state index in [1.165, 1.54) is 12.3 Å². The largest absolute Gasteiger partial charge is 0.384 e. The Morgan fingerprint density at radius 1 is 1.18 bits per heavy atom. The second kappa shape index (κ2) is 6.73. The highest BCUT2D eigenvalue weighted by molar-refractivity contribution is 7.91. The molecule has 2 aliphatic rings. The summed E-state index contributed by atoms with van der Waals surface area (Å²) in [6.07, 6.45) is 5.52. The maximum atomic E-state index is 12.2. The summed E-state index contributed by atoms with van der Waals surface area (Å²) < 4.78 is 23.4. The first-order valence-corrected chi connectivity index (χ1v) is 11.2. The fourth-order valence-electron chi connectivity index (χ4n) is 3.37. The molecule has 0 saturated heterocycles. The number of aromatic nitrogens is 2. The van der Waals surface area contributed by atoms with Gasteiger partial charge >= 0.3 is 6.03 Å². The van der Waals surface area contributed by atoms with Gasteiger partial charge in [0.2, 0.25) is 0 Å². The first-order chi connectivity index (χ1) is 13.3. The van der Waals surface area contributed by atoms with Crippen LogP contribution < -0.4 is 16.4 Å². The van der Waals surface area contributed by atoms with E-state index in [0.29, 0.717) is 35.6 Å². The van der Waals surface area contributed by atoms with Crippen molar-refractivity contribution in [3.8, 4) is 11.4 Å². The van der Waals surface area contributed by atoms with Crippen LogP contribution in [0.4, 0.5) is 16.3 Å². The second-order valence-corrected chi connectivity index (χ2v) is 9.90. The quantitative estimate of drug-likeness (QED) is 0.706. The Morgan fingerprint density at radius 2 is 1.86 bits per heavy atom. The number of hydrogen-bond donors (Lipinski definition) is 3. The molecule has 0 atom stereocenters. The summed E-state index contributed by atoms with van der Waals surface area (Å²) in [4.78, 5) is 20.7. The third kappa shape index (κ3) is 3.54. The zero-order valence-corrected chi connectivity index (χ0v) is 16.4. The van der Waals surface area contributed by atoms with Gasteiger partial charge in [-0.1, -0.05) is 0 Å². The van der Waals surface area contributed by atoms with Gasteiger partial charge in [0.25, 0.3) is 0 Å². The molecule has 0 bridgehead atoms. The highest BCUT2D eigenvalue weighted by atomic mass is 32.2. The normalized spacial score (nSPS) is 18.2. The number of nitrogens with one attached hydrogen (secondary N) is 2. The van der Waals surface area contributed by atoms with E-state index in [1.54, 1.807) is 24.3 Å². The molecular formula is C19H23N5O3S. The molecule has 4 N–H and O–H groups in total. The summed E-state index contributed by atoms with van der Waals surface area (Å²) in [5.74, 6) is 0.604. The molecule has 2 fully saturated rings. The fraction of sp³-hybridized carbons (Fsp3) is 0.421. The standard InChI is InChI=1S/C19H23N5O3S/c1-28(26,27)19(9-10-19)15-11-16(20)24-17(23-15)12-5-7-14(8-6-12)22-18(25)21-13-3-2-4-13/h5-8,11,13H,2-4,9-10H2,1H3,(H2,20,23,24)(H2,21,22,25). The van der Waals surface area contributed by atoms with Gasteiger partial charge in [-0.3, -0.25) is 0 Å². The monoisotopic (exact) mass is 401 g/mol. The molecule has 2 aliphatic carbocycles. The number of hydrogen-bond acceptors (Lipinski definition) is 6. The number of amides is 2. The molecule has 2 saturated carbocycles. The Labute approximate surface area is 163 Å². The molecule has 0 unspecified atom stereocenters. The number of urea groups is 1. The van der Waals surface area contributed by atoms with Crippen LogP contribution in [0, 0.1) is 0 Å². The molecule has 2 amide bonds. The van der Waals surface area contributed by atoms with E-state index < -0.39 is 14.6 Å². The van der Waals surface area contributed by atoms with E-state index in [9.17, 15) is 13.2 Å². The van der Waals surface area contributed by atoms with Crippen LogP contribution in [-0.4, -0.2) is 36.7 Å². The van der Waals surface area contributed by atoms with Gasteiger partial charge in [0.15, 0.2) is 15.7 Å². The highest BCUT2D eigenvalue weighted by Crippen LogP contribution is 2.52. The van der Waals surface area contributed by atoms with Gasteiger partial charge in [0, 0.05) is 29.6 Å². The van der Waals surface area contributed by atoms with E-state index in [2.05, 4.69) is 20.6 Å². The van der Waals surface area contributed by atoms with Crippen molar-refractivity contribution in [2.45, 2.75) is 42.9 Å². The number of nitrogens with zero attached hydrogens (tertiary/aromatic N) is 2. The molecule has 8 nitrogen and oxygen atoms in total. The van der Waals surface area contributed by atoms with E-state index in [0.717, 1.165) is 19.3 Å². The zero-order valence-electron chi connectivity index (χ0n) is 15.6. The summed E-state index contributed by atoms with van der Waals surface area (Å²) in [7, 11) is -3.29. The van der Waals surface area contributed by atoms with Gasteiger partial charge in [0.05, 0.1) is 5.69 Å². The zero-order chi connectivity index (χ0) is 19.9. The predicted molar refractivity (Wildman–Crippen MR) is 107 cm³/mol. The Hall–Kier alpha value is -2.68. The average Bonchev–Trinajstić information content (AvgIpc) is 3.40. The molecule has 28 heavy (non-hydrogen) atoms. The molecule has 1 aromatic carbocycles. The van der Waals surface area contributed by atoms with Gasteiger partial charge < -0.3 is 16.4 Å². The number of sulfone groups is 1. The topological polar surface area (TPSA) is 127 Å². The third-order valence-corrected chi connectivity index (χ3v) is 7.50. The summed E-state index contributed by atoms with van der Waals surface area (Å²) in [5, 5.41) is 5.72. The molecule has 9 heteroatoms. The fourth-order valence-corrected chi connectivity index (χ4v) is 4.69. The maximum Gasteiger partial charge on any atom is 0.319 e. The maximum absolute atomic E-state index is 12.2. The van der Waals surface area contributed by atoms with Crippen LogP contribution in [0.5, 0.6) is 0 Å². The van der Waals surface area contributed by atoms with Crippen molar-refractivity contribution < 1.29 is 13.2 Å². The van der Waals surface area contributed by atoms with Crippen LogP contribution in [0.2, 0.25) is 0 Å². The van der Waals surface area contributed by atoms with Crippen molar-refractivity contribution in [3.05, 3.63) is 36.0 Å². The number of carbonyl (C=O) groups is 1. The lowest BCUT2D eigenvalue weighted by Gasteiger charge is -2.26. The minimum atomic E-state index is -3.29. The van der Waals surface area contributed by atoms with Gasteiger partial charge in [-0.25, -0.2) is 23.2 Å². The predicted octanol–water partition coefficient (Wildman–Crippen LogP) is 2.43. The van der Waals surface area contributed by atoms with Crippen molar-refractivity contribution in [2.75, 3.05) is 17.3 Å². The highest BCUT2D eigenvalue weighted by Gasteiger charge is 2.55. The number of nitrogens with two attached hydrogens (primary N) is 1. The summed E-state index contributed by atoms with van der Waals surface area (Å²) in [6, 6.07) is 8.65. The van der Waals surface area contributed by atoms with Crippen LogP contribution in [0.3, 0.4) is 0 Å². The molecule has 0 aliphatic heterocycles. The average molecular weight is 401 g/mol. The Kier molecular flexibility index (Phi) is 4.49. The van der Waals surface area contributed by atoms with Crippen LogP contribution in [0.25, 0.3) is 11.4 Å². The second-order valence-electron chi connectivity index (χ2n) is 7.57. The number of benzene rings is 1. The number of anilines is 2. The summed E-state index contributed by atoms with van der Waals surface area (Å²) in [5.41, 5.74) is 7.71. The molecule has 148 valence electrons. The molecule has 0 spiro atoms. The SMILES string of the molecule is CS(=O)(=O)C1(c2cc(N)nc(-c3ccc(NC(=O)NC4CCC4)cc3)n2)CC1. The smallest absolute Gasteiger partial charge is 0.319 e. The molecule has 1 heterocycles. The van der Waals surface area contributed by atoms with Gasteiger partial charge in [-0.2, -0.15) is 0 Å². The minimum Gasteiger partial charge on any atom is -0.384 e. The Morgan fingerprint density at radius 3 is 2.39 bits per heavy atom. The van der Waals surface area contributed by atoms with Crippen LogP contribution in [0.1, 0.15) is 37.8 Å². The summed E-state index contributed by atoms with van der Waals surface area (Å²) in [6.45, 7) is 0. The van der Waals surface area contributed by atoms with Crippen LogP contribution in [-0.2, 0) is 14.6 Å². The van der Waals surface area contributed by atoms with Crippen LogP contribution in [0.15, 0.2) is 30.3 Å². The van der Waals surface area contributed by atoms with Crippen LogP contribution >= 0.6 is 0 Å². The molecule has 2 aromatic rings. The first kappa shape index (κ1) is 18.7. The lowest BCUT2D eigenvalue weighted by Crippen LogP contribution is -2.41. The Bertz CT molecular complexity index is 1010. The van der Waals surface area contributed by atoms with E-state index in [-0.39, 0.29) is 17.9 Å². The van der Waals surface area contributed by atoms with Crippen molar-refractivity contribution >= 4 is 27.4 Å². The van der Waals surface area contributed by atoms with Crippen molar-refractivity contribution in [3.63, 3.8) is 0 Å². The Balaban J connectivity index is 1.54. The lowest BCUT2D eigenvalue weighted by molar-refractivity contribution is 0.240. The van der Waals surface area contributed by atoms with E-state index in [4.69, 9.17) is 5.73 Å². The van der Waals surface area contributed by atoms with Crippen molar-refractivity contribution in [2.24, 2.45) is 0 Å². The molecule has 0 radical (unpaired) electrons. The number of carbonyl (C=O) groups excluding carboxylic acids is 1. The first-order valence-electron chi connectivity index (χ1n) is 9.29. The minimum absolute atomic E-state index is 0.219. The summed E-state index contributed by atoms with van der Waals surface area (Å²) >= 11 is 0.